The van der Waals surface area contributed by atoms with Crippen LogP contribution in [0.25, 0.3) is 0 Å². The van der Waals surface area contributed by atoms with E-state index in [0.29, 0.717) is 50.0 Å². The monoisotopic (exact) mass is 598 g/mol. The zero-order chi connectivity index (χ0) is 30.0. The van der Waals surface area contributed by atoms with Crippen molar-refractivity contribution in [1.82, 2.24) is 9.80 Å². The van der Waals surface area contributed by atoms with Gasteiger partial charge in [0.2, 0.25) is 0 Å². The van der Waals surface area contributed by atoms with Crippen LogP contribution in [-0.2, 0) is 23.7 Å². The van der Waals surface area contributed by atoms with Crippen LogP contribution in [0.1, 0.15) is 60.8 Å². The fourth-order valence-corrected chi connectivity index (χ4v) is 11.4. The van der Waals surface area contributed by atoms with Crippen LogP contribution in [0.15, 0.2) is 34.5 Å². The Morgan fingerprint density at radius 1 is 0.682 bits per heavy atom. The first-order valence-corrected chi connectivity index (χ1v) is 16.2. The van der Waals surface area contributed by atoms with Crippen LogP contribution >= 0.6 is 0 Å². The molecule has 0 radical (unpaired) electrons. The number of benzene rings is 2. The summed E-state index contributed by atoms with van der Waals surface area (Å²) in [5.74, 6) is 1.17. The molecular formula is C34H38N4O6. The molecule has 2 saturated carbocycles. The number of nitrogens with zero attached hydrogens (tertiary/aromatic N) is 4. The maximum atomic E-state index is 12.5. The molecule has 4 aliphatic heterocycles. The van der Waals surface area contributed by atoms with Crippen LogP contribution in [0.2, 0.25) is 0 Å². The van der Waals surface area contributed by atoms with E-state index in [-0.39, 0.29) is 23.6 Å². The van der Waals surface area contributed by atoms with E-state index in [0.717, 1.165) is 59.6 Å². The summed E-state index contributed by atoms with van der Waals surface area (Å²) in [5, 5.41) is 56.7. The van der Waals surface area contributed by atoms with Crippen LogP contribution in [0, 0.1) is 0 Å². The van der Waals surface area contributed by atoms with Crippen molar-refractivity contribution in [3.63, 3.8) is 0 Å². The van der Waals surface area contributed by atoms with Crippen molar-refractivity contribution < 1.29 is 29.9 Å². The van der Waals surface area contributed by atoms with Crippen molar-refractivity contribution in [2.24, 2.45) is 10.2 Å². The fraction of sp³-hybridized carbons (Fsp3) is 0.588. The minimum Gasteiger partial charge on any atom is -0.504 e. The Morgan fingerprint density at radius 2 is 1.11 bits per heavy atom. The van der Waals surface area contributed by atoms with E-state index >= 15 is 0 Å². The van der Waals surface area contributed by atoms with Gasteiger partial charge in [0.05, 0.1) is 33.5 Å². The fourth-order valence-electron chi connectivity index (χ4n) is 11.4. The molecule has 8 aliphatic rings. The molecule has 4 N–H and O–H groups in total. The highest BCUT2D eigenvalue weighted by Crippen LogP contribution is 2.66. The average Bonchev–Trinajstić information content (AvgIpc) is 3.54. The minimum atomic E-state index is -1.00. The molecular weight excluding hydrogens is 560 g/mol. The Kier molecular flexibility index (Phi) is 4.72. The lowest BCUT2D eigenvalue weighted by molar-refractivity contribution is -0.161. The smallest absolute Gasteiger partial charge is 0.166 e. The Hall–Kier alpha value is -3.18. The third kappa shape index (κ3) is 2.61. The predicted octanol–water partition coefficient (Wildman–Crippen LogP) is 2.16. The van der Waals surface area contributed by atoms with Crippen LogP contribution < -0.4 is 9.47 Å². The van der Waals surface area contributed by atoms with Gasteiger partial charge in [-0.2, -0.15) is 10.2 Å². The second-order valence-corrected chi connectivity index (χ2v) is 14.8. The Morgan fingerprint density at radius 3 is 1.55 bits per heavy atom. The lowest BCUT2D eigenvalue weighted by Crippen LogP contribution is -2.76. The first kappa shape index (κ1) is 26.1. The number of likely N-dealkylation sites (tertiary alicyclic amines) is 2. The van der Waals surface area contributed by atoms with E-state index in [1.54, 1.807) is 12.1 Å². The quantitative estimate of drug-likeness (QED) is 0.368. The first-order chi connectivity index (χ1) is 21.1. The van der Waals surface area contributed by atoms with E-state index in [1.165, 1.54) is 0 Å². The molecule has 0 unspecified atom stereocenters. The normalized spacial score (nSPS) is 44.3. The zero-order valence-corrected chi connectivity index (χ0v) is 25.1. The van der Waals surface area contributed by atoms with E-state index in [1.807, 2.05) is 12.1 Å². The van der Waals surface area contributed by atoms with Crippen LogP contribution in [0.5, 0.6) is 23.0 Å². The second-order valence-electron chi connectivity index (χ2n) is 14.8. The van der Waals surface area contributed by atoms with E-state index in [2.05, 4.69) is 23.9 Å². The van der Waals surface area contributed by atoms with Gasteiger partial charge >= 0.3 is 0 Å². The topological polar surface area (TPSA) is 131 Å². The minimum absolute atomic E-state index is 0.0377. The average molecular weight is 599 g/mol. The largest absolute Gasteiger partial charge is 0.504 e. The second kappa shape index (κ2) is 7.96. The van der Waals surface area contributed by atoms with Crippen molar-refractivity contribution in [3.05, 3.63) is 46.5 Å². The number of phenolic OH excluding ortho intramolecular Hbond substituents is 2. The Labute approximate surface area is 255 Å². The SMILES string of the molecule is CN1CC[C@@]23c4c5ccc(O)c4O[C@@H]2/C(=N\N=C2\CC[C@]4(O)[C@@H]6Cc7ccc(O)c8c7[C@]4(CCN6C)[C@@H]2O8)CC[C@]3(O)[C@@H]1C5. The van der Waals surface area contributed by atoms with E-state index in [9.17, 15) is 20.4 Å². The molecule has 44 heavy (non-hydrogen) atoms. The van der Waals surface area contributed by atoms with E-state index < -0.39 is 34.2 Å². The van der Waals surface area contributed by atoms with Crippen molar-refractivity contribution in [1.29, 1.82) is 0 Å². The van der Waals surface area contributed by atoms with Crippen molar-refractivity contribution in [2.45, 2.75) is 97.7 Å². The molecule has 2 spiro atoms. The molecule has 4 fully saturated rings. The molecule has 4 heterocycles. The highest BCUT2D eigenvalue weighted by Gasteiger charge is 2.74. The number of ether oxygens (including phenoxy) is 2. The van der Waals surface area contributed by atoms with Crippen molar-refractivity contribution >= 4 is 11.4 Å². The van der Waals surface area contributed by atoms with Crippen LogP contribution in [0.3, 0.4) is 0 Å². The number of hydrogen-bond donors (Lipinski definition) is 4. The van der Waals surface area contributed by atoms with Gasteiger partial charge in [-0.05, 0) is 102 Å². The Balaban J connectivity index is 1.10. The highest BCUT2D eigenvalue weighted by molar-refractivity contribution is 5.97. The number of hydrogen-bond acceptors (Lipinski definition) is 10. The Bertz CT molecular complexity index is 1620. The lowest BCUT2D eigenvalue weighted by atomic mass is 9.49. The lowest BCUT2D eigenvalue weighted by Gasteiger charge is -2.62. The van der Waals surface area contributed by atoms with Crippen LogP contribution in [0.4, 0.5) is 0 Å². The molecule has 10 rings (SSSR count). The summed E-state index contributed by atoms with van der Waals surface area (Å²) in [6, 6.07) is 7.31. The maximum Gasteiger partial charge on any atom is 0.166 e. The summed E-state index contributed by atoms with van der Waals surface area (Å²) < 4.78 is 13.2. The molecule has 2 aromatic carbocycles. The van der Waals surface area contributed by atoms with Gasteiger partial charge in [-0.1, -0.05) is 12.1 Å². The number of aromatic hydroxyl groups is 2. The number of rotatable bonds is 1. The summed E-state index contributed by atoms with van der Waals surface area (Å²) in [6.45, 7) is 1.64. The predicted molar refractivity (Wildman–Crippen MR) is 161 cm³/mol. The molecule has 0 amide bonds. The van der Waals surface area contributed by atoms with Gasteiger partial charge in [0.15, 0.2) is 35.2 Å². The van der Waals surface area contributed by atoms with Gasteiger partial charge in [-0.25, -0.2) is 0 Å². The summed E-state index contributed by atoms with van der Waals surface area (Å²) in [7, 11) is 4.18. The third-order valence-corrected chi connectivity index (χ3v) is 13.4. The maximum absolute atomic E-state index is 12.5. The van der Waals surface area contributed by atoms with Gasteiger partial charge < -0.3 is 39.7 Å². The number of aliphatic hydroxyl groups is 2. The number of phenols is 2. The number of piperidine rings is 2. The van der Waals surface area contributed by atoms with Crippen LogP contribution in [-0.4, -0.2) is 104 Å². The van der Waals surface area contributed by atoms with Crippen molar-refractivity contribution in [3.8, 4) is 23.0 Å². The van der Waals surface area contributed by atoms with Gasteiger partial charge in [0, 0.05) is 23.2 Å². The molecule has 0 aromatic heterocycles. The summed E-state index contributed by atoms with van der Waals surface area (Å²) in [4.78, 5) is 4.55. The molecule has 2 aromatic rings. The van der Waals surface area contributed by atoms with E-state index in [4.69, 9.17) is 19.7 Å². The molecule has 10 heteroatoms. The highest BCUT2D eigenvalue weighted by atomic mass is 16.5. The zero-order valence-electron chi connectivity index (χ0n) is 25.1. The molecule has 8 atom stereocenters. The van der Waals surface area contributed by atoms with Crippen molar-refractivity contribution in [2.75, 3.05) is 27.2 Å². The molecule has 2 saturated heterocycles. The third-order valence-electron chi connectivity index (χ3n) is 13.4. The standard InChI is InChI=1S/C34H38N4O6/c1-37-13-11-31-25-17-3-5-21(39)27(25)43-29(31)19(7-9-33(31,41)23(37)15-17)35-36-20-8-10-34(42)24-16-18-4-6-22(40)28-26(18)32(34,30(20)44-28)12-14-38(24)2/h3-6,23-24,29-30,39-42H,7-16H2,1-2H3/b35-19-,36-20-/t23-,24-,29+,30+,31+,32+,33-,34-/m0/s1. The molecule has 10 nitrogen and oxygen atoms in total. The summed E-state index contributed by atoms with van der Waals surface area (Å²) in [6.07, 6.45) is 3.95. The molecule has 4 bridgehead atoms. The van der Waals surface area contributed by atoms with Gasteiger partial charge in [0.25, 0.3) is 0 Å². The summed E-state index contributed by atoms with van der Waals surface area (Å²) in [5.41, 5.74) is 2.31. The first-order valence-electron chi connectivity index (χ1n) is 16.2. The molecule has 230 valence electrons. The van der Waals surface area contributed by atoms with Gasteiger partial charge in [-0.3, -0.25) is 0 Å². The van der Waals surface area contributed by atoms with Gasteiger partial charge in [0.1, 0.15) is 0 Å². The number of likely N-dealkylation sites (N-methyl/N-ethyl adjacent to an activating group) is 2. The van der Waals surface area contributed by atoms with Gasteiger partial charge in [-0.15, -0.1) is 0 Å². The molecule has 4 aliphatic carbocycles. The summed E-state index contributed by atoms with van der Waals surface area (Å²) >= 11 is 0.